The molecular weight excluding hydrogens is 1340 g/mol. The van der Waals surface area contributed by atoms with Crippen LogP contribution in [0, 0.1) is 23.7 Å². The fraction of sp³-hybridized carbons (Fsp3) is 0.952. The normalized spacial score (nSPS) is 14.5. The van der Waals surface area contributed by atoms with Crippen molar-refractivity contribution >= 4 is 39.5 Å². The Morgan fingerprint density at radius 1 is 0.272 bits per heavy atom. The van der Waals surface area contributed by atoms with Crippen molar-refractivity contribution in [3.05, 3.63) is 0 Å². The number of phosphoric acid groups is 2. The van der Waals surface area contributed by atoms with Gasteiger partial charge < -0.3 is 33.8 Å². The van der Waals surface area contributed by atoms with Crippen LogP contribution in [-0.2, 0) is 65.4 Å². The molecule has 0 aromatic rings. The number of phosphoric ester groups is 2. The molecule has 0 radical (unpaired) electrons. The fourth-order valence-corrected chi connectivity index (χ4v) is 14.5. The van der Waals surface area contributed by atoms with E-state index in [2.05, 4.69) is 55.4 Å². The van der Waals surface area contributed by atoms with Gasteiger partial charge in [0.1, 0.15) is 19.3 Å². The van der Waals surface area contributed by atoms with E-state index >= 15 is 0 Å². The molecule has 19 heteroatoms. The smallest absolute Gasteiger partial charge is 0.462 e. The van der Waals surface area contributed by atoms with Gasteiger partial charge in [-0.15, -0.1) is 0 Å². The lowest BCUT2D eigenvalue weighted by molar-refractivity contribution is -0.161. The predicted molar refractivity (Wildman–Crippen MR) is 423 cm³/mol. The number of unbranched alkanes of at least 4 members (excludes halogenated alkanes) is 45. The molecule has 17 nitrogen and oxygen atoms in total. The Morgan fingerprint density at radius 3 is 0.689 bits per heavy atom. The summed E-state index contributed by atoms with van der Waals surface area (Å²) in [4.78, 5) is 73.1. The lowest BCUT2D eigenvalue weighted by Crippen LogP contribution is -2.30. The average Bonchev–Trinajstić information content (AvgIpc) is 0.912. The first kappa shape index (κ1) is 101. The number of aliphatic hydroxyl groups is 1. The lowest BCUT2D eigenvalue weighted by atomic mass is 9.99. The third-order valence-corrected chi connectivity index (χ3v) is 22.2. The molecule has 0 amide bonds. The number of hydrogen-bond donors (Lipinski definition) is 3. The van der Waals surface area contributed by atoms with Crippen molar-refractivity contribution < 1.29 is 80.2 Å². The molecule has 0 saturated carbocycles. The highest BCUT2D eigenvalue weighted by Gasteiger charge is 2.30. The Bertz CT molecular complexity index is 2010. The predicted octanol–water partition coefficient (Wildman–Crippen LogP) is 25.2. The third-order valence-electron chi connectivity index (χ3n) is 20.3. The Morgan fingerprint density at radius 2 is 0.466 bits per heavy atom. The van der Waals surface area contributed by atoms with Gasteiger partial charge in [0.15, 0.2) is 12.2 Å². The summed E-state index contributed by atoms with van der Waals surface area (Å²) in [6, 6.07) is 0. The molecule has 4 unspecified atom stereocenters. The molecule has 0 aromatic heterocycles. The van der Waals surface area contributed by atoms with Crippen molar-refractivity contribution in [2.75, 3.05) is 39.6 Å². The minimum atomic E-state index is -4.96. The van der Waals surface area contributed by atoms with E-state index in [-0.39, 0.29) is 25.7 Å². The summed E-state index contributed by atoms with van der Waals surface area (Å²) < 4.78 is 68.8. The Hall–Kier alpha value is -1.94. The second-order valence-corrected chi connectivity index (χ2v) is 34.6. The maximum absolute atomic E-state index is 13.1. The van der Waals surface area contributed by atoms with Gasteiger partial charge in [-0.25, -0.2) is 9.13 Å². The zero-order valence-electron chi connectivity index (χ0n) is 68.0. The van der Waals surface area contributed by atoms with Crippen LogP contribution in [0.25, 0.3) is 0 Å². The number of aliphatic hydroxyl groups excluding tert-OH is 1. The van der Waals surface area contributed by atoms with Crippen LogP contribution in [0.15, 0.2) is 0 Å². The molecule has 0 aliphatic carbocycles. The molecule has 0 bridgehead atoms. The molecule has 3 N–H and O–H groups in total. The highest BCUT2D eigenvalue weighted by Crippen LogP contribution is 2.45. The van der Waals surface area contributed by atoms with Gasteiger partial charge in [-0.2, -0.15) is 0 Å². The summed E-state index contributed by atoms with van der Waals surface area (Å²) in [6.07, 6.45) is 61.1. The minimum absolute atomic E-state index is 0.106. The largest absolute Gasteiger partial charge is 0.472 e. The van der Waals surface area contributed by atoms with Gasteiger partial charge in [-0.3, -0.25) is 37.3 Å². The van der Waals surface area contributed by atoms with Crippen molar-refractivity contribution in [3.8, 4) is 0 Å². The monoisotopic (exact) mass is 1510 g/mol. The molecule has 103 heavy (non-hydrogen) atoms. The van der Waals surface area contributed by atoms with Crippen LogP contribution in [-0.4, -0.2) is 96.7 Å². The molecular formula is C84H164O17P2. The van der Waals surface area contributed by atoms with E-state index in [1.807, 2.05) is 0 Å². The first-order valence-electron chi connectivity index (χ1n) is 43.3. The van der Waals surface area contributed by atoms with Crippen LogP contribution >= 0.6 is 15.6 Å². The zero-order chi connectivity index (χ0) is 76.0. The van der Waals surface area contributed by atoms with Crippen molar-refractivity contribution in [1.29, 1.82) is 0 Å². The van der Waals surface area contributed by atoms with Crippen molar-refractivity contribution in [3.63, 3.8) is 0 Å². The Labute approximate surface area is 632 Å². The molecule has 0 aromatic carbocycles. The van der Waals surface area contributed by atoms with Crippen LogP contribution in [0.4, 0.5) is 0 Å². The lowest BCUT2D eigenvalue weighted by Gasteiger charge is -2.21. The molecule has 0 rings (SSSR count). The summed E-state index contributed by atoms with van der Waals surface area (Å²) in [5.41, 5.74) is 0. The van der Waals surface area contributed by atoms with Crippen LogP contribution < -0.4 is 0 Å². The van der Waals surface area contributed by atoms with Crippen molar-refractivity contribution in [2.45, 2.75) is 453 Å². The molecule has 612 valence electrons. The first-order chi connectivity index (χ1) is 49.7. The van der Waals surface area contributed by atoms with E-state index in [1.165, 1.54) is 231 Å². The van der Waals surface area contributed by atoms with Crippen LogP contribution in [0.2, 0.25) is 0 Å². The minimum Gasteiger partial charge on any atom is -0.462 e. The topological polar surface area (TPSA) is 237 Å². The van der Waals surface area contributed by atoms with Crippen molar-refractivity contribution in [1.82, 2.24) is 0 Å². The van der Waals surface area contributed by atoms with Gasteiger partial charge in [0.25, 0.3) is 0 Å². The van der Waals surface area contributed by atoms with Crippen LogP contribution in [0.5, 0.6) is 0 Å². The number of carbonyl (C=O) groups is 4. The Balaban J connectivity index is 5.21. The molecule has 0 saturated heterocycles. The molecule has 0 aliphatic rings. The second kappa shape index (κ2) is 72.9. The van der Waals surface area contributed by atoms with Crippen molar-refractivity contribution in [2.24, 2.45) is 23.7 Å². The summed E-state index contributed by atoms with van der Waals surface area (Å²) in [5.74, 6) is 1.06. The maximum Gasteiger partial charge on any atom is 0.472 e. The van der Waals surface area contributed by atoms with Crippen LogP contribution in [0.3, 0.4) is 0 Å². The molecule has 0 heterocycles. The number of carbonyl (C=O) groups excluding carboxylic acids is 4. The van der Waals surface area contributed by atoms with Gasteiger partial charge in [-0.1, -0.05) is 383 Å². The Kier molecular flexibility index (Phi) is 71.5. The molecule has 0 spiro atoms. The number of esters is 4. The maximum atomic E-state index is 13.1. The fourth-order valence-electron chi connectivity index (χ4n) is 12.9. The summed E-state index contributed by atoms with van der Waals surface area (Å²) in [7, 11) is -9.93. The number of rotatable bonds is 81. The highest BCUT2D eigenvalue weighted by molar-refractivity contribution is 7.47. The number of hydrogen-bond acceptors (Lipinski definition) is 15. The van der Waals surface area contributed by atoms with Gasteiger partial charge in [0.2, 0.25) is 0 Å². The van der Waals surface area contributed by atoms with Gasteiger partial charge in [0.05, 0.1) is 26.4 Å². The SMILES string of the molecule is CCC(C)CCCCCCCCCCCCCCCCCCCCC(=O)OC[C@H](COP(=O)(O)OC[C@@H](O)COP(=O)(O)OC[C@@H](COC(=O)CCCCCCCCC(C)CC)OC(=O)CCCCCCCCCCCCCCC(C)C)OC(=O)CCCCCCCCCCCCCCCC(C)C. The standard InChI is InChI=1S/C84H164O17P2/c1-9-76(7)62-54-46-38-32-26-19-15-13-11-12-14-16-20-27-33-39-48-56-64-81(86)94-70-79(100-83(88)66-58-50-40-34-28-21-17-18-24-30-36-44-52-60-74(3)4)72-98-102(90,91)96-68-78(85)69-97-103(92,93)99-73-80(71-95-82(87)65-57-49-43-42-47-55-63-77(8)10-2)101-84(89)67-59-51-41-35-29-23-22-25-31-37-45-53-61-75(5)6/h74-80,85H,9-73H2,1-8H3,(H,90,91)(H,92,93)/t76?,77?,78-,79-,80-/m1/s1. The highest BCUT2D eigenvalue weighted by atomic mass is 31.2. The molecule has 0 fully saturated rings. The third kappa shape index (κ3) is 75.3. The quantitative estimate of drug-likeness (QED) is 0.0222. The van der Waals surface area contributed by atoms with E-state index in [0.29, 0.717) is 25.7 Å². The average molecular weight is 1510 g/mol. The van der Waals surface area contributed by atoms with E-state index in [0.717, 1.165) is 120 Å². The zero-order valence-corrected chi connectivity index (χ0v) is 69.7. The van der Waals surface area contributed by atoms with Crippen LogP contribution in [0.1, 0.15) is 434 Å². The van der Waals surface area contributed by atoms with E-state index in [4.69, 9.17) is 37.0 Å². The molecule has 7 atom stereocenters. The van der Waals surface area contributed by atoms with Gasteiger partial charge in [-0.05, 0) is 49.4 Å². The van der Waals surface area contributed by atoms with Gasteiger partial charge in [0, 0.05) is 25.7 Å². The first-order valence-corrected chi connectivity index (χ1v) is 46.3. The van der Waals surface area contributed by atoms with E-state index in [1.54, 1.807) is 0 Å². The second-order valence-electron chi connectivity index (χ2n) is 31.7. The summed E-state index contributed by atoms with van der Waals surface area (Å²) in [5, 5.41) is 10.7. The van der Waals surface area contributed by atoms with Gasteiger partial charge >= 0.3 is 39.5 Å². The number of ether oxygens (including phenoxy) is 4. The van der Waals surface area contributed by atoms with E-state index < -0.39 is 97.5 Å². The van der Waals surface area contributed by atoms with E-state index in [9.17, 15) is 43.2 Å². The summed E-state index contributed by atoms with van der Waals surface area (Å²) in [6.45, 7) is 14.3. The molecule has 0 aliphatic heterocycles. The summed E-state index contributed by atoms with van der Waals surface area (Å²) >= 11 is 0.